The van der Waals surface area contributed by atoms with E-state index in [-0.39, 0.29) is 24.9 Å². The Bertz CT molecular complexity index is 303. The standard InChI is InChI=1S/C9H15N3O3/c1-5(3-10)9(15)12-4-7(13)11-8(14)6(12)2/h5-6H,3-4,10H2,1-2H3,(H,11,13,14). The molecule has 0 spiro atoms. The summed E-state index contributed by atoms with van der Waals surface area (Å²) in [5.74, 6) is -1.51. The molecule has 0 aromatic rings. The van der Waals surface area contributed by atoms with Crippen LogP contribution in [0.5, 0.6) is 0 Å². The minimum Gasteiger partial charge on any atom is -0.330 e. The minimum atomic E-state index is -0.607. The van der Waals surface area contributed by atoms with Crippen LogP contribution in [0.15, 0.2) is 0 Å². The first kappa shape index (κ1) is 11.6. The molecule has 3 N–H and O–H groups in total. The Morgan fingerprint density at radius 1 is 1.67 bits per heavy atom. The molecule has 1 aliphatic rings. The van der Waals surface area contributed by atoms with E-state index in [0.29, 0.717) is 0 Å². The fourth-order valence-corrected chi connectivity index (χ4v) is 1.37. The van der Waals surface area contributed by atoms with Gasteiger partial charge in [0.15, 0.2) is 0 Å². The molecule has 1 rings (SSSR count). The Morgan fingerprint density at radius 3 is 2.80 bits per heavy atom. The Kier molecular flexibility index (Phi) is 3.41. The zero-order valence-corrected chi connectivity index (χ0v) is 8.82. The van der Waals surface area contributed by atoms with Crippen LogP contribution in [0.2, 0.25) is 0 Å². The third kappa shape index (κ3) is 2.33. The minimum absolute atomic E-state index is 0.0733. The second-order valence-corrected chi connectivity index (χ2v) is 3.69. The summed E-state index contributed by atoms with van der Waals surface area (Å²) >= 11 is 0. The van der Waals surface area contributed by atoms with Crippen molar-refractivity contribution in [3.8, 4) is 0 Å². The van der Waals surface area contributed by atoms with Gasteiger partial charge in [0.05, 0.1) is 0 Å². The normalized spacial score (nSPS) is 23.7. The molecule has 1 saturated heterocycles. The van der Waals surface area contributed by atoms with E-state index in [9.17, 15) is 14.4 Å². The van der Waals surface area contributed by atoms with Gasteiger partial charge in [-0.05, 0) is 6.92 Å². The smallest absolute Gasteiger partial charge is 0.249 e. The van der Waals surface area contributed by atoms with Crippen molar-refractivity contribution in [2.24, 2.45) is 11.7 Å². The van der Waals surface area contributed by atoms with Crippen LogP contribution in [0.1, 0.15) is 13.8 Å². The molecule has 0 aromatic carbocycles. The first-order valence-electron chi connectivity index (χ1n) is 4.81. The lowest BCUT2D eigenvalue weighted by molar-refractivity contribution is -0.151. The second-order valence-electron chi connectivity index (χ2n) is 3.69. The highest BCUT2D eigenvalue weighted by molar-refractivity contribution is 6.04. The van der Waals surface area contributed by atoms with Crippen molar-refractivity contribution in [1.82, 2.24) is 10.2 Å². The van der Waals surface area contributed by atoms with Gasteiger partial charge in [0.25, 0.3) is 0 Å². The number of piperazine rings is 1. The number of carbonyl (C=O) groups is 3. The maximum atomic E-state index is 11.7. The first-order chi connectivity index (χ1) is 6.97. The van der Waals surface area contributed by atoms with Crippen molar-refractivity contribution in [1.29, 1.82) is 0 Å². The van der Waals surface area contributed by atoms with Gasteiger partial charge in [-0.2, -0.15) is 0 Å². The average Bonchev–Trinajstić information content (AvgIpc) is 2.21. The molecule has 0 saturated carbocycles. The van der Waals surface area contributed by atoms with Crippen LogP contribution in [0.4, 0.5) is 0 Å². The van der Waals surface area contributed by atoms with Gasteiger partial charge >= 0.3 is 0 Å². The average molecular weight is 213 g/mol. The largest absolute Gasteiger partial charge is 0.330 e. The molecular formula is C9H15N3O3. The molecule has 6 heteroatoms. The van der Waals surface area contributed by atoms with Gasteiger partial charge < -0.3 is 10.6 Å². The highest BCUT2D eigenvalue weighted by Crippen LogP contribution is 2.09. The molecule has 2 atom stereocenters. The van der Waals surface area contributed by atoms with Crippen LogP contribution < -0.4 is 11.1 Å². The third-order valence-corrected chi connectivity index (χ3v) is 2.48. The summed E-state index contributed by atoms with van der Waals surface area (Å²) in [6, 6.07) is -0.607. The molecule has 0 aromatic heterocycles. The zero-order valence-electron chi connectivity index (χ0n) is 8.82. The van der Waals surface area contributed by atoms with Gasteiger partial charge in [-0.1, -0.05) is 6.92 Å². The number of imide groups is 1. The molecule has 0 radical (unpaired) electrons. The molecule has 84 valence electrons. The lowest BCUT2D eigenvalue weighted by Crippen LogP contribution is -2.59. The van der Waals surface area contributed by atoms with Crippen LogP contribution in [0.25, 0.3) is 0 Å². The fourth-order valence-electron chi connectivity index (χ4n) is 1.37. The first-order valence-corrected chi connectivity index (χ1v) is 4.81. The number of hydrogen-bond donors (Lipinski definition) is 2. The molecule has 3 amide bonds. The topological polar surface area (TPSA) is 92.5 Å². The van der Waals surface area contributed by atoms with Gasteiger partial charge in [-0.15, -0.1) is 0 Å². The van der Waals surface area contributed by atoms with Crippen LogP contribution >= 0.6 is 0 Å². The van der Waals surface area contributed by atoms with Gasteiger partial charge in [0.2, 0.25) is 17.7 Å². The molecule has 0 bridgehead atoms. The Labute approximate surface area is 87.8 Å². The van der Waals surface area contributed by atoms with Crippen LogP contribution in [-0.4, -0.2) is 41.8 Å². The van der Waals surface area contributed by atoms with Gasteiger partial charge in [-0.3, -0.25) is 19.7 Å². The van der Waals surface area contributed by atoms with Gasteiger partial charge in [0.1, 0.15) is 12.6 Å². The van der Waals surface area contributed by atoms with Gasteiger partial charge in [-0.25, -0.2) is 0 Å². The number of nitrogens with zero attached hydrogens (tertiary/aromatic N) is 1. The quantitative estimate of drug-likeness (QED) is 0.543. The summed E-state index contributed by atoms with van der Waals surface area (Å²) in [5.41, 5.74) is 5.36. The number of nitrogens with one attached hydrogen (secondary N) is 1. The van der Waals surface area contributed by atoms with E-state index in [4.69, 9.17) is 5.73 Å². The van der Waals surface area contributed by atoms with Crippen molar-refractivity contribution in [2.75, 3.05) is 13.1 Å². The summed E-state index contributed by atoms with van der Waals surface area (Å²) < 4.78 is 0. The number of hydrogen-bond acceptors (Lipinski definition) is 4. The molecule has 2 unspecified atom stereocenters. The van der Waals surface area contributed by atoms with Crippen LogP contribution in [0.3, 0.4) is 0 Å². The molecule has 15 heavy (non-hydrogen) atoms. The number of amides is 3. The molecule has 1 heterocycles. The zero-order chi connectivity index (χ0) is 11.6. The summed E-state index contributed by atoms with van der Waals surface area (Å²) in [4.78, 5) is 35.4. The highest BCUT2D eigenvalue weighted by atomic mass is 16.2. The Morgan fingerprint density at radius 2 is 2.27 bits per heavy atom. The SMILES string of the molecule is CC(CN)C(=O)N1CC(=O)NC(=O)C1C. The highest BCUT2D eigenvalue weighted by Gasteiger charge is 2.34. The summed E-state index contributed by atoms with van der Waals surface area (Å²) in [7, 11) is 0. The molecule has 0 aliphatic carbocycles. The Balaban J connectivity index is 2.79. The predicted molar refractivity (Wildman–Crippen MR) is 52.5 cm³/mol. The second kappa shape index (κ2) is 4.39. The van der Waals surface area contributed by atoms with Crippen molar-refractivity contribution in [2.45, 2.75) is 19.9 Å². The summed E-state index contributed by atoms with van der Waals surface area (Å²) in [6.07, 6.45) is 0. The monoisotopic (exact) mass is 213 g/mol. The van der Waals surface area contributed by atoms with Crippen molar-refractivity contribution in [3.63, 3.8) is 0 Å². The van der Waals surface area contributed by atoms with Crippen molar-refractivity contribution < 1.29 is 14.4 Å². The van der Waals surface area contributed by atoms with Gasteiger partial charge in [0, 0.05) is 12.5 Å². The molecule has 6 nitrogen and oxygen atoms in total. The molecule has 1 fully saturated rings. The van der Waals surface area contributed by atoms with E-state index >= 15 is 0 Å². The summed E-state index contributed by atoms with van der Waals surface area (Å²) in [5, 5.41) is 2.17. The van der Waals surface area contributed by atoms with E-state index in [0.717, 1.165) is 0 Å². The maximum absolute atomic E-state index is 11.7. The molecular weight excluding hydrogens is 198 g/mol. The lowest BCUT2D eigenvalue weighted by atomic mass is 10.1. The van der Waals surface area contributed by atoms with Crippen LogP contribution in [-0.2, 0) is 14.4 Å². The van der Waals surface area contributed by atoms with E-state index in [1.807, 2.05) is 0 Å². The fraction of sp³-hybridized carbons (Fsp3) is 0.667. The summed E-state index contributed by atoms with van der Waals surface area (Å²) in [6.45, 7) is 3.39. The number of carbonyl (C=O) groups excluding carboxylic acids is 3. The number of nitrogens with two attached hydrogens (primary N) is 1. The van der Waals surface area contributed by atoms with Crippen molar-refractivity contribution in [3.05, 3.63) is 0 Å². The predicted octanol–water partition coefficient (Wildman–Crippen LogP) is -1.55. The van der Waals surface area contributed by atoms with E-state index in [2.05, 4.69) is 5.32 Å². The van der Waals surface area contributed by atoms with E-state index in [1.165, 1.54) is 4.90 Å². The number of rotatable bonds is 2. The maximum Gasteiger partial charge on any atom is 0.249 e. The van der Waals surface area contributed by atoms with Crippen molar-refractivity contribution >= 4 is 17.7 Å². The van der Waals surface area contributed by atoms with Crippen LogP contribution in [0, 0.1) is 5.92 Å². The lowest BCUT2D eigenvalue weighted by Gasteiger charge is -2.33. The van der Waals surface area contributed by atoms with E-state index in [1.54, 1.807) is 13.8 Å². The molecule has 1 aliphatic heterocycles. The Hall–Kier alpha value is -1.43. The third-order valence-electron chi connectivity index (χ3n) is 2.48. The van der Waals surface area contributed by atoms with E-state index < -0.39 is 17.9 Å².